The summed E-state index contributed by atoms with van der Waals surface area (Å²) in [4.78, 5) is 18.7. The molecule has 1 aromatic heterocycles. The number of rotatable bonds is 3. The van der Waals surface area contributed by atoms with Crippen LogP contribution in [0.25, 0.3) is 0 Å². The Balaban J connectivity index is 1.85. The lowest BCUT2D eigenvalue weighted by Crippen LogP contribution is -2.50. The molecule has 2 heterocycles. The average molecular weight is 279 g/mol. The van der Waals surface area contributed by atoms with Crippen LogP contribution in [-0.4, -0.2) is 50.7 Å². The zero-order valence-corrected chi connectivity index (χ0v) is 12.9. The van der Waals surface area contributed by atoms with Gasteiger partial charge in [-0.05, 0) is 33.6 Å². The molecule has 1 amide bonds. The second-order valence-electron chi connectivity index (χ2n) is 6.36. The van der Waals surface area contributed by atoms with E-state index in [-0.39, 0.29) is 23.3 Å². The molecule has 20 heavy (non-hydrogen) atoms. The summed E-state index contributed by atoms with van der Waals surface area (Å²) < 4.78 is 0. The Hall–Kier alpha value is -1.43. The molecule has 0 spiro atoms. The molecule has 0 unspecified atom stereocenters. The third-order valence-corrected chi connectivity index (χ3v) is 3.85. The molecule has 0 aliphatic carbocycles. The van der Waals surface area contributed by atoms with Crippen molar-refractivity contribution in [3.05, 3.63) is 11.6 Å². The summed E-state index contributed by atoms with van der Waals surface area (Å²) in [5.74, 6) is 0.827. The Morgan fingerprint density at radius 1 is 1.40 bits per heavy atom. The Bertz CT molecular complexity index is 454. The van der Waals surface area contributed by atoms with Gasteiger partial charge < -0.3 is 5.32 Å². The van der Waals surface area contributed by atoms with Gasteiger partial charge in [0.1, 0.15) is 5.82 Å². The number of hydrogen-bond donors (Lipinski definition) is 2. The Labute approximate surface area is 120 Å². The van der Waals surface area contributed by atoms with Gasteiger partial charge in [0.05, 0.1) is 0 Å². The normalized spacial score (nSPS) is 18.2. The molecular weight excluding hydrogens is 254 g/mol. The lowest BCUT2D eigenvalue weighted by Gasteiger charge is -2.40. The summed E-state index contributed by atoms with van der Waals surface area (Å²) >= 11 is 0. The average Bonchev–Trinajstić information content (AvgIpc) is 2.87. The number of aromatic nitrogens is 3. The smallest absolute Gasteiger partial charge is 0.291 e. The van der Waals surface area contributed by atoms with Crippen LogP contribution in [0.1, 0.15) is 57.0 Å². The number of likely N-dealkylation sites (tertiary alicyclic amines) is 1. The van der Waals surface area contributed by atoms with Crippen molar-refractivity contribution < 1.29 is 4.79 Å². The summed E-state index contributed by atoms with van der Waals surface area (Å²) in [6.07, 6.45) is 2.71. The number of carbonyl (C=O) groups is 1. The van der Waals surface area contributed by atoms with E-state index in [1.54, 1.807) is 0 Å². The standard InChI is InChI=1S/C14H25N5O/c1-5-11-16-12(18-17-11)13(20)15-10-6-8-19(9-7-10)14(2,3)4/h10H,5-9H2,1-4H3,(H,15,20)(H,16,17,18). The van der Waals surface area contributed by atoms with Gasteiger partial charge in [-0.2, -0.15) is 0 Å². The largest absolute Gasteiger partial charge is 0.346 e. The van der Waals surface area contributed by atoms with E-state index in [0.29, 0.717) is 0 Å². The van der Waals surface area contributed by atoms with Crippen molar-refractivity contribution in [2.24, 2.45) is 0 Å². The summed E-state index contributed by atoms with van der Waals surface area (Å²) in [6, 6.07) is 0.227. The van der Waals surface area contributed by atoms with Gasteiger partial charge in [-0.15, -0.1) is 5.10 Å². The zero-order valence-electron chi connectivity index (χ0n) is 12.9. The summed E-state index contributed by atoms with van der Waals surface area (Å²) in [7, 11) is 0. The molecule has 112 valence electrons. The van der Waals surface area contributed by atoms with Crippen molar-refractivity contribution in [2.75, 3.05) is 13.1 Å². The number of piperidine rings is 1. The molecule has 2 rings (SSSR count). The number of carbonyl (C=O) groups excluding carboxylic acids is 1. The number of nitrogens with one attached hydrogen (secondary N) is 2. The molecule has 6 heteroatoms. The van der Waals surface area contributed by atoms with Crippen molar-refractivity contribution in [1.82, 2.24) is 25.4 Å². The molecular formula is C14H25N5O. The highest BCUT2D eigenvalue weighted by Gasteiger charge is 2.28. The molecule has 1 saturated heterocycles. The minimum atomic E-state index is -0.171. The van der Waals surface area contributed by atoms with Crippen LogP contribution < -0.4 is 5.32 Å². The molecule has 0 radical (unpaired) electrons. The fourth-order valence-corrected chi connectivity index (χ4v) is 2.50. The quantitative estimate of drug-likeness (QED) is 0.876. The number of amides is 1. The summed E-state index contributed by atoms with van der Waals surface area (Å²) in [5, 5.41) is 9.75. The van der Waals surface area contributed by atoms with E-state index in [0.717, 1.165) is 38.2 Å². The SMILES string of the molecule is CCc1nc(C(=O)NC2CCN(C(C)(C)C)CC2)n[nH]1. The predicted octanol–water partition coefficient (Wildman–Crippen LogP) is 1.36. The Kier molecular flexibility index (Phi) is 4.42. The maximum Gasteiger partial charge on any atom is 0.291 e. The van der Waals surface area contributed by atoms with Crippen molar-refractivity contribution in [3.63, 3.8) is 0 Å². The van der Waals surface area contributed by atoms with E-state index in [2.05, 4.69) is 46.2 Å². The van der Waals surface area contributed by atoms with Gasteiger partial charge in [0.25, 0.3) is 5.91 Å². The minimum absolute atomic E-state index is 0.171. The first-order valence-corrected chi connectivity index (χ1v) is 7.37. The highest BCUT2D eigenvalue weighted by atomic mass is 16.2. The molecule has 0 bridgehead atoms. The highest BCUT2D eigenvalue weighted by Crippen LogP contribution is 2.20. The third kappa shape index (κ3) is 3.56. The van der Waals surface area contributed by atoms with Gasteiger partial charge >= 0.3 is 0 Å². The van der Waals surface area contributed by atoms with Gasteiger partial charge in [-0.3, -0.25) is 14.8 Å². The van der Waals surface area contributed by atoms with E-state index in [1.165, 1.54) is 0 Å². The molecule has 0 saturated carbocycles. The predicted molar refractivity (Wildman–Crippen MR) is 77.6 cm³/mol. The van der Waals surface area contributed by atoms with Crippen LogP contribution in [0.3, 0.4) is 0 Å². The second-order valence-corrected chi connectivity index (χ2v) is 6.36. The van der Waals surface area contributed by atoms with E-state index in [9.17, 15) is 4.79 Å². The van der Waals surface area contributed by atoms with Gasteiger partial charge in [-0.25, -0.2) is 4.98 Å². The van der Waals surface area contributed by atoms with Crippen molar-refractivity contribution in [1.29, 1.82) is 0 Å². The molecule has 1 aliphatic heterocycles. The molecule has 0 aromatic carbocycles. The highest BCUT2D eigenvalue weighted by molar-refractivity contribution is 5.90. The number of H-pyrrole nitrogens is 1. The number of aromatic amines is 1. The van der Waals surface area contributed by atoms with Crippen LogP contribution in [-0.2, 0) is 6.42 Å². The Morgan fingerprint density at radius 3 is 2.55 bits per heavy atom. The first-order valence-electron chi connectivity index (χ1n) is 7.37. The molecule has 1 fully saturated rings. The van der Waals surface area contributed by atoms with Crippen LogP contribution >= 0.6 is 0 Å². The fourth-order valence-electron chi connectivity index (χ4n) is 2.50. The van der Waals surface area contributed by atoms with E-state index >= 15 is 0 Å². The first kappa shape index (κ1) is 15.0. The maximum absolute atomic E-state index is 12.1. The molecule has 2 N–H and O–H groups in total. The number of nitrogens with zero attached hydrogens (tertiary/aromatic N) is 3. The van der Waals surface area contributed by atoms with Crippen LogP contribution in [0.15, 0.2) is 0 Å². The Morgan fingerprint density at radius 2 is 2.05 bits per heavy atom. The summed E-state index contributed by atoms with van der Waals surface area (Å²) in [6.45, 7) is 10.7. The van der Waals surface area contributed by atoms with Gasteiger partial charge in [0.2, 0.25) is 5.82 Å². The first-order chi connectivity index (χ1) is 9.40. The van der Waals surface area contributed by atoms with E-state index in [4.69, 9.17) is 0 Å². The van der Waals surface area contributed by atoms with Crippen molar-refractivity contribution >= 4 is 5.91 Å². The van der Waals surface area contributed by atoms with E-state index < -0.39 is 0 Å². The lowest BCUT2D eigenvalue weighted by molar-refractivity contribution is 0.0805. The van der Waals surface area contributed by atoms with Gasteiger partial charge in [0.15, 0.2) is 0 Å². The molecule has 1 aromatic rings. The zero-order chi connectivity index (χ0) is 14.8. The van der Waals surface area contributed by atoms with Crippen molar-refractivity contribution in [2.45, 2.75) is 58.5 Å². The molecule has 6 nitrogen and oxygen atoms in total. The number of aryl methyl sites for hydroxylation is 1. The topological polar surface area (TPSA) is 73.9 Å². The maximum atomic E-state index is 12.1. The van der Waals surface area contributed by atoms with Gasteiger partial charge in [-0.1, -0.05) is 6.92 Å². The molecule has 0 atom stereocenters. The van der Waals surface area contributed by atoms with Gasteiger partial charge in [0, 0.05) is 31.1 Å². The monoisotopic (exact) mass is 279 g/mol. The second kappa shape index (κ2) is 5.91. The lowest BCUT2D eigenvalue weighted by atomic mass is 9.98. The van der Waals surface area contributed by atoms with Crippen LogP contribution in [0, 0.1) is 0 Å². The summed E-state index contributed by atoms with van der Waals surface area (Å²) in [5.41, 5.74) is 0.203. The van der Waals surface area contributed by atoms with Crippen LogP contribution in [0.5, 0.6) is 0 Å². The third-order valence-electron chi connectivity index (χ3n) is 3.85. The van der Waals surface area contributed by atoms with Crippen molar-refractivity contribution in [3.8, 4) is 0 Å². The fraction of sp³-hybridized carbons (Fsp3) is 0.786. The van der Waals surface area contributed by atoms with E-state index in [1.807, 2.05) is 6.92 Å². The van der Waals surface area contributed by atoms with Crippen LogP contribution in [0.4, 0.5) is 0 Å². The molecule has 1 aliphatic rings. The number of hydrogen-bond acceptors (Lipinski definition) is 4. The van der Waals surface area contributed by atoms with Crippen LogP contribution in [0.2, 0.25) is 0 Å². The minimum Gasteiger partial charge on any atom is -0.346 e.